The van der Waals surface area contributed by atoms with Gasteiger partial charge in [-0.1, -0.05) is 24.3 Å². The Labute approximate surface area is 122 Å². The fraction of sp³-hybridized carbons (Fsp3) is 0.188. The lowest BCUT2D eigenvalue weighted by molar-refractivity contribution is -0.135. The number of nitrogens with zero attached hydrogens (tertiary/aromatic N) is 1. The lowest BCUT2D eigenvalue weighted by atomic mass is 10.0. The molecule has 2 rings (SSSR count). The van der Waals surface area contributed by atoms with E-state index >= 15 is 0 Å². The van der Waals surface area contributed by atoms with Crippen molar-refractivity contribution in [3.63, 3.8) is 0 Å². The first-order chi connectivity index (χ1) is 9.99. The maximum absolute atomic E-state index is 13.1. The summed E-state index contributed by atoms with van der Waals surface area (Å²) < 4.78 is 13.1. The normalized spacial score (nSPS) is 11.9. The van der Waals surface area contributed by atoms with Gasteiger partial charge < -0.3 is 15.1 Å². The molecule has 0 aromatic heterocycles. The van der Waals surface area contributed by atoms with Crippen LogP contribution >= 0.6 is 0 Å². The van der Waals surface area contributed by atoms with Crippen LogP contribution in [0, 0.1) is 5.82 Å². The molecule has 0 aliphatic heterocycles. The minimum Gasteiger partial charge on any atom is -0.507 e. The van der Waals surface area contributed by atoms with Gasteiger partial charge in [-0.05, 0) is 25.1 Å². The van der Waals surface area contributed by atoms with Crippen molar-refractivity contribution in [1.29, 1.82) is 0 Å². The van der Waals surface area contributed by atoms with Gasteiger partial charge >= 0.3 is 5.97 Å². The van der Waals surface area contributed by atoms with Crippen LogP contribution in [0.1, 0.15) is 18.5 Å². The Balaban J connectivity index is 2.38. The van der Waals surface area contributed by atoms with Gasteiger partial charge in [0.15, 0.2) is 0 Å². The largest absolute Gasteiger partial charge is 0.507 e. The number of benzene rings is 2. The zero-order valence-electron chi connectivity index (χ0n) is 11.5. The molecule has 21 heavy (non-hydrogen) atoms. The van der Waals surface area contributed by atoms with E-state index in [9.17, 15) is 14.3 Å². The number of phenols is 1. The Morgan fingerprint density at radius 3 is 2.48 bits per heavy atom. The second kappa shape index (κ2) is 6.26. The zero-order valence-corrected chi connectivity index (χ0v) is 11.5. The maximum atomic E-state index is 13.1. The lowest BCUT2D eigenvalue weighted by Gasteiger charge is -2.30. The Morgan fingerprint density at radius 2 is 1.90 bits per heavy atom. The second-order valence-corrected chi connectivity index (χ2v) is 4.74. The highest BCUT2D eigenvalue weighted by atomic mass is 19.1. The summed E-state index contributed by atoms with van der Waals surface area (Å²) >= 11 is 0. The van der Waals surface area contributed by atoms with E-state index in [-0.39, 0.29) is 12.3 Å². The molecular weight excluding hydrogens is 273 g/mol. The van der Waals surface area contributed by atoms with Gasteiger partial charge in [-0.2, -0.15) is 0 Å². The Bertz CT molecular complexity index is 631. The third kappa shape index (κ3) is 3.51. The fourth-order valence-corrected chi connectivity index (χ4v) is 2.26. The number of halogens is 1. The van der Waals surface area contributed by atoms with Crippen LogP contribution < -0.4 is 4.90 Å². The molecule has 2 aromatic carbocycles. The topological polar surface area (TPSA) is 60.8 Å². The predicted molar refractivity (Wildman–Crippen MR) is 77.9 cm³/mol. The van der Waals surface area contributed by atoms with E-state index in [4.69, 9.17) is 5.11 Å². The molecule has 1 atom stereocenters. The van der Waals surface area contributed by atoms with Crippen molar-refractivity contribution in [3.8, 4) is 5.75 Å². The quantitative estimate of drug-likeness (QED) is 0.887. The number of carboxylic acids is 1. The van der Waals surface area contributed by atoms with Crippen LogP contribution in [0.25, 0.3) is 0 Å². The number of para-hydroxylation sites is 1. The molecule has 2 N–H and O–H groups in total. The van der Waals surface area contributed by atoms with E-state index < -0.39 is 17.8 Å². The highest BCUT2D eigenvalue weighted by Gasteiger charge is 2.21. The van der Waals surface area contributed by atoms with E-state index in [2.05, 4.69) is 0 Å². The first-order valence-corrected chi connectivity index (χ1v) is 6.51. The predicted octanol–water partition coefficient (Wildman–Crippen LogP) is 3.18. The van der Waals surface area contributed by atoms with Crippen LogP contribution in [0.5, 0.6) is 5.75 Å². The Kier molecular flexibility index (Phi) is 4.42. The molecule has 0 saturated heterocycles. The molecule has 0 aliphatic carbocycles. The third-order valence-corrected chi connectivity index (χ3v) is 3.30. The summed E-state index contributed by atoms with van der Waals surface area (Å²) in [5, 5.41) is 19.0. The summed E-state index contributed by atoms with van der Waals surface area (Å²) in [5.41, 5.74) is 1.19. The molecule has 110 valence electrons. The fourth-order valence-electron chi connectivity index (χ4n) is 2.26. The molecule has 0 spiro atoms. The number of aliphatic carboxylic acids is 1. The Morgan fingerprint density at radius 1 is 1.24 bits per heavy atom. The highest BCUT2D eigenvalue weighted by molar-refractivity contribution is 5.74. The van der Waals surface area contributed by atoms with Crippen LogP contribution in [-0.2, 0) is 4.79 Å². The van der Waals surface area contributed by atoms with Gasteiger partial charge in [0.05, 0.1) is 6.04 Å². The molecule has 5 heteroatoms. The molecule has 1 unspecified atom stereocenters. The number of anilines is 1. The molecule has 2 aromatic rings. The van der Waals surface area contributed by atoms with Gasteiger partial charge in [0.25, 0.3) is 0 Å². The number of hydrogen-bond donors (Lipinski definition) is 2. The van der Waals surface area contributed by atoms with Gasteiger partial charge in [-0.3, -0.25) is 4.79 Å². The van der Waals surface area contributed by atoms with E-state index in [1.165, 1.54) is 12.1 Å². The number of carbonyl (C=O) groups is 1. The molecule has 0 amide bonds. The lowest BCUT2D eigenvalue weighted by Crippen LogP contribution is -2.32. The number of hydrogen-bond acceptors (Lipinski definition) is 3. The van der Waals surface area contributed by atoms with Gasteiger partial charge in [0, 0.05) is 17.3 Å². The average Bonchev–Trinajstić information content (AvgIpc) is 2.45. The van der Waals surface area contributed by atoms with Crippen LogP contribution in [0.2, 0.25) is 0 Å². The zero-order chi connectivity index (χ0) is 15.4. The average molecular weight is 289 g/mol. The van der Waals surface area contributed by atoms with Gasteiger partial charge in [0.1, 0.15) is 18.1 Å². The smallest absolute Gasteiger partial charge is 0.323 e. The van der Waals surface area contributed by atoms with Crippen molar-refractivity contribution in [2.24, 2.45) is 0 Å². The van der Waals surface area contributed by atoms with E-state index in [0.717, 1.165) is 11.8 Å². The summed E-state index contributed by atoms with van der Waals surface area (Å²) in [6, 6.07) is 12.4. The maximum Gasteiger partial charge on any atom is 0.323 e. The van der Waals surface area contributed by atoms with Crippen molar-refractivity contribution >= 4 is 11.7 Å². The van der Waals surface area contributed by atoms with Gasteiger partial charge in [-0.15, -0.1) is 0 Å². The van der Waals surface area contributed by atoms with Gasteiger partial charge in [0.2, 0.25) is 0 Å². The van der Waals surface area contributed by atoms with Crippen molar-refractivity contribution in [1.82, 2.24) is 0 Å². The van der Waals surface area contributed by atoms with Crippen molar-refractivity contribution in [2.45, 2.75) is 13.0 Å². The number of aromatic hydroxyl groups is 1. The van der Waals surface area contributed by atoms with Crippen molar-refractivity contribution in [2.75, 3.05) is 11.4 Å². The van der Waals surface area contributed by atoms with Crippen LogP contribution in [-0.4, -0.2) is 22.7 Å². The summed E-state index contributed by atoms with van der Waals surface area (Å²) in [6.07, 6.45) is 0. The minimum atomic E-state index is -0.979. The summed E-state index contributed by atoms with van der Waals surface area (Å²) in [7, 11) is 0. The standard InChI is InChI=1S/C16H16FNO3/c1-11(14-8-7-12(17)9-15(14)19)18(10-16(20)21)13-5-3-2-4-6-13/h2-9,11,19H,10H2,1H3,(H,20,21). The van der Waals surface area contributed by atoms with Crippen molar-refractivity contribution < 1.29 is 19.4 Å². The van der Waals surface area contributed by atoms with E-state index in [0.29, 0.717) is 5.56 Å². The van der Waals surface area contributed by atoms with E-state index in [1.54, 1.807) is 36.1 Å². The van der Waals surface area contributed by atoms with E-state index in [1.807, 2.05) is 6.07 Å². The Hall–Kier alpha value is -2.56. The highest BCUT2D eigenvalue weighted by Crippen LogP contribution is 2.32. The van der Waals surface area contributed by atoms with Crippen LogP contribution in [0.15, 0.2) is 48.5 Å². The first-order valence-electron chi connectivity index (χ1n) is 6.51. The summed E-state index contributed by atoms with van der Waals surface area (Å²) in [6.45, 7) is 1.55. The third-order valence-electron chi connectivity index (χ3n) is 3.30. The van der Waals surface area contributed by atoms with Crippen LogP contribution in [0.3, 0.4) is 0 Å². The monoisotopic (exact) mass is 289 g/mol. The number of rotatable bonds is 5. The molecule has 0 fully saturated rings. The molecule has 0 aliphatic rings. The number of carboxylic acid groups (broad SMARTS) is 1. The molecule has 4 nitrogen and oxygen atoms in total. The first kappa shape index (κ1) is 14.8. The molecule has 0 saturated carbocycles. The van der Waals surface area contributed by atoms with Gasteiger partial charge in [-0.25, -0.2) is 4.39 Å². The van der Waals surface area contributed by atoms with Crippen molar-refractivity contribution in [3.05, 3.63) is 59.9 Å². The molecule has 0 heterocycles. The summed E-state index contributed by atoms with van der Waals surface area (Å²) in [4.78, 5) is 12.7. The van der Waals surface area contributed by atoms with Crippen LogP contribution in [0.4, 0.5) is 10.1 Å². The molecule has 0 bridgehead atoms. The minimum absolute atomic E-state index is 0.186. The number of phenolic OH excluding ortho intramolecular Hbond substituents is 1. The SMILES string of the molecule is CC(c1ccc(F)cc1O)N(CC(=O)O)c1ccccc1. The summed E-state index contributed by atoms with van der Waals surface area (Å²) in [5.74, 6) is -1.70. The molecule has 0 radical (unpaired) electrons. The molecular formula is C16H16FNO3. The second-order valence-electron chi connectivity index (χ2n) is 4.74.